The molecule has 0 unspecified atom stereocenters. The molecule has 146 heavy (non-hydrogen) atoms. The molecule has 0 saturated heterocycles. The molecule has 11 aromatic heterocycles. The van der Waals surface area contributed by atoms with E-state index in [0.29, 0.717) is 0 Å². The Morgan fingerprint density at radius 1 is 0.185 bits per heavy atom. The molecule has 0 fully saturated rings. The van der Waals surface area contributed by atoms with Gasteiger partial charge in [-0.2, -0.15) is 0 Å². The summed E-state index contributed by atoms with van der Waals surface area (Å²) in [6.07, 6.45) is 0. The summed E-state index contributed by atoms with van der Waals surface area (Å²) >= 11 is 9.50. The molecule has 1 aliphatic rings. The summed E-state index contributed by atoms with van der Waals surface area (Å²) in [6, 6.07) is 167. The molecule has 0 N–H and O–H groups in total. The number of benzene rings is 22. The van der Waals surface area contributed by atoms with E-state index < -0.39 is 0 Å². The van der Waals surface area contributed by atoms with Gasteiger partial charge in [-0.05, 0) is 191 Å². The fourth-order valence-electron chi connectivity index (χ4n) is 24.3. The zero-order valence-corrected chi connectivity index (χ0v) is 83.1. The van der Waals surface area contributed by atoms with Crippen LogP contribution in [0.5, 0.6) is 0 Å². The lowest BCUT2D eigenvalue weighted by Gasteiger charge is -2.22. The summed E-state index contributed by atoms with van der Waals surface area (Å²) in [6.45, 7) is 4.71. The molecule has 33 aromatic rings. The maximum atomic E-state index is 6.50. The average molecular weight is 1950 g/mol. The first-order valence-electron chi connectivity index (χ1n) is 49.7. The first-order valence-corrected chi connectivity index (χ1v) is 53.8. The van der Waals surface area contributed by atoms with E-state index in [0.717, 1.165) is 88.2 Å². The Labute approximate surface area is 856 Å². The van der Waals surface area contributed by atoms with Crippen molar-refractivity contribution in [2.75, 3.05) is 0 Å². The Kier molecular flexibility index (Phi) is 18.5. The van der Waals surface area contributed by atoms with E-state index in [4.69, 9.17) is 8.83 Å². The van der Waals surface area contributed by atoms with Crippen molar-refractivity contribution in [1.29, 1.82) is 0 Å². The predicted octanol–water partition coefficient (Wildman–Crippen LogP) is 40.4. The molecule has 1 aliphatic carbocycles. The zero-order valence-electron chi connectivity index (χ0n) is 79.0. The Morgan fingerprint density at radius 2 is 0.527 bits per heavy atom. The number of hydrogen-bond acceptors (Lipinski definition) is 7. The first-order chi connectivity index (χ1) is 72.2. The van der Waals surface area contributed by atoms with Crippen molar-refractivity contribution in [1.82, 2.24) is 18.3 Å². The van der Waals surface area contributed by atoms with E-state index in [1.54, 1.807) is 0 Å². The van der Waals surface area contributed by atoms with Crippen LogP contribution in [0.15, 0.2) is 470 Å². The third-order valence-corrected chi connectivity index (χ3v) is 36.8. The molecule has 0 bridgehead atoms. The number of furan rings is 2. The summed E-state index contributed by atoms with van der Waals surface area (Å²) in [5, 5.41) is 28.4. The summed E-state index contributed by atoms with van der Waals surface area (Å²) in [7, 11) is 0. The number of fused-ring (bicyclic) bond motifs is 40. The number of hydrogen-bond donors (Lipinski definition) is 0. The number of rotatable bonds is 6. The highest BCUT2D eigenvalue weighted by atomic mass is 32.1. The molecule has 0 radical (unpaired) electrons. The molecule has 0 saturated carbocycles. The maximum Gasteiger partial charge on any atom is 0.145 e. The fourth-order valence-corrected chi connectivity index (χ4v) is 30.4. The molecular weight excluding hydrogens is 1870 g/mol. The summed E-state index contributed by atoms with van der Waals surface area (Å²) in [4.78, 5) is 0. The molecule has 0 amide bonds. The van der Waals surface area contributed by atoms with E-state index in [9.17, 15) is 0 Å². The molecule has 684 valence electrons. The van der Waals surface area contributed by atoms with Crippen LogP contribution >= 0.6 is 56.7 Å². The number of para-hydroxylation sites is 7. The van der Waals surface area contributed by atoms with Gasteiger partial charge in [0.2, 0.25) is 0 Å². The highest BCUT2D eigenvalue weighted by Gasteiger charge is 2.36. The molecule has 11 heterocycles. The van der Waals surface area contributed by atoms with Gasteiger partial charge in [-0.1, -0.05) is 323 Å². The highest BCUT2D eigenvalue weighted by molar-refractivity contribution is 7.28. The van der Waals surface area contributed by atoms with Crippen LogP contribution in [0.25, 0.3) is 288 Å². The second-order valence-electron chi connectivity index (χ2n) is 39.0. The highest BCUT2D eigenvalue weighted by Crippen LogP contribution is 2.54. The lowest BCUT2D eigenvalue weighted by atomic mass is 9.82. The van der Waals surface area contributed by atoms with Crippen molar-refractivity contribution < 1.29 is 8.83 Å². The monoisotopic (exact) mass is 1950 g/mol. The van der Waals surface area contributed by atoms with Crippen molar-refractivity contribution in [3.05, 3.63) is 472 Å². The third kappa shape index (κ3) is 12.5. The Hall–Kier alpha value is -17.3. The Balaban J connectivity index is 0.0000000892. The standard InChI is InChI=1S/C42H25NO2.C33H23NS.2C30H17NS2/c1-4-19-36-35(16-1)40-37(23-22-34-32-15-3-6-21-39(32)45-42(34)40)43(36)29-13-8-11-27(25-29)26-10-7-12-28(24-26)30-17-9-18-33-31-14-2-5-20-38(31)44-41(30)33;1-33(2)26-12-6-3-9-21(26)22-16-15-20(19-27(22)33)34-28-13-7-4-11-25(28)31-29(34)18-17-24-23-10-5-8-14-30(23)35-32(24)31;1-4-10-24-22(9-1)29-25(15-14-21-19-7-2-6-12-27(19)33-30(21)29)31(24)18-13-16-28-23(17-18)20-8-3-5-11-26(20)32-28;1-4-12-23-22(10-1)28-24(17-16-21-19-9-3-6-15-27(19)33-30(21)28)31(23)25-13-7-11-20-18-8-2-5-14-26(18)32-29(20)25/h1-25H;3-19H,1-2H3;2*1-17H. The number of thiophene rings is 5. The molecule has 6 nitrogen and oxygen atoms in total. The lowest BCUT2D eigenvalue weighted by Crippen LogP contribution is -2.15. The summed E-state index contributed by atoms with van der Waals surface area (Å²) in [5.41, 5.74) is 28.5. The van der Waals surface area contributed by atoms with Crippen LogP contribution in [0.2, 0.25) is 0 Å². The number of nitrogens with zero attached hydrogens (tertiary/aromatic N) is 4. The topological polar surface area (TPSA) is 46.0 Å². The zero-order chi connectivity index (χ0) is 95.8. The molecular formula is C135H82N4O2S5. The van der Waals surface area contributed by atoms with Crippen molar-refractivity contribution >= 4 is 289 Å². The van der Waals surface area contributed by atoms with E-state index in [2.05, 4.69) is 469 Å². The Bertz CT molecular complexity index is 11300. The van der Waals surface area contributed by atoms with Gasteiger partial charge in [0.05, 0.1) is 59.9 Å². The molecule has 0 spiro atoms. The van der Waals surface area contributed by atoms with E-state index in [1.165, 1.54) is 211 Å². The maximum absolute atomic E-state index is 6.50. The van der Waals surface area contributed by atoms with E-state index in [1.807, 2.05) is 80.9 Å². The van der Waals surface area contributed by atoms with Gasteiger partial charge < -0.3 is 27.1 Å². The summed E-state index contributed by atoms with van der Waals surface area (Å²) in [5.74, 6) is 0. The van der Waals surface area contributed by atoms with E-state index >= 15 is 0 Å². The minimum absolute atomic E-state index is 0.0144. The molecule has 0 aliphatic heterocycles. The van der Waals surface area contributed by atoms with Crippen molar-refractivity contribution in [3.63, 3.8) is 0 Å². The quantitative estimate of drug-likeness (QED) is 0.167. The molecule has 0 atom stereocenters. The van der Waals surface area contributed by atoms with Gasteiger partial charge in [0.15, 0.2) is 0 Å². The van der Waals surface area contributed by atoms with Gasteiger partial charge in [0.1, 0.15) is 22.3 Å². The van der Waals surface area contributed by atoms with Crippen molar-refractivity contribution in [2.45, 2.75) is 19.3 Å². The lowest BCUT2D eigenvalue weighted by molar-refractivity contribution is 0.660. The first kappa shape index (κ1) is 83.4. The van der Waals surface area contributed by atoms with Crippen LogP contribution in [-0.4, -0.2) is 18.3 Å². The second-order valence-corrected chi connectivity index (χ2v) is 44.3. The second kappa shape index (κ2) is 32.4. The largest absolute Gasteiger partial charge is 0.455 e. The van der Waals surface area contributed by atoms with Gasteiger partial charge in [-0.15, -0.1) is 56.7 Å². The predicted molar refractivity (Wildman–Crippen MR) is 631 cm³/mol. The normalized spacial score (nSPS) is 12.6. The van der Waals surface area contributed by atoms with Gasteiger partial charge in [-0.25, -0.2) is 0 Å². The number of aromatic nitrogens is 4. The van der Waals surface area contributed by atoms with Crippen LogP contribution in [0.4, 0.5) is 0 Å². The minimum atomic E-state index is -0.0144. The van der Waals surface area contributed by atoms with Crippen LogP contribution in [0.1, 0.15) is 25.0 Å². The minimum Gasteiger partial charge on any atom is -0.455 e. The summed E-state index contributed by atoms with van der Waals surface area (Å²) < 4.78 is 36.2. The average Bonchev–Trinajstić information content (AvgIpc) is 1.54. The SMILES string of the molecule is CC1(C)c2ccccc2-c2ccc(-n3c4ccccc4c4c5sc6ccccc6c5ccc43)cc21.c1cc(-c2cccc(-n3c4ccccc4c4c5oc6ccccc6c5ccc43)c2)cc(-c2cccc3c2oc2ccccc23)c1.c1ccc2c(c1)sc1c(-n3c4ccccc4c4c5sc6ccccc6c5ccc43)cccc12.c1ccc2c(c1)sc1ccc(-n3c4ccccc4c4c5sc6ccccc6c5ccc43)cc12. The van der Waals surface area contributed by atoms with Gasteiger partial charge in [0.25, 0.3) is 0 Å². The molecule has 34 rings (SSSR count). The van der Waals surface area contributed by atoms with E-state index in [-0.39, 0.29) is 5.41 Å². The fraction of sp³-hybridized carbons (Fsp3) is 0.0222. The van der Waals surface area contributed by atoms with Crippen molar-refractivity contribution in [2.24, 2.45) is 0 Å². The van der Waals surface area contributed by atoms with Gasteiger partial charge in [-0.3, -0.25) is 0 Å². The molecule has 22 aromatic carbocycles. The van der Waals surface area contributed by atoms with Crippen LogP contribution < -0.4 is 0 Å². The van der Waals surface area contributed by atoms with Crippen molar-refractivity contribution in [3.8, 4) is 56.1 Å². The third-order valence-electron chi connectivity index (χ3n) is 30.8. The van der Waals surface area contributed by atoms with Crippen LogP contribution in [0, 0.1) is 0 Å². The Morgan fingerprint density at radius 3 is 1.08 bits per heavy atom. The molecule has 11 heteroatoms. The van der Waals surface area contributed by atoms with Crippen LogP contribution in [-0.2, 0) is 5.41 Å². The van der Waals surface area contributed by atoms with Crippen LogP contribution in [0.3, 0.4) is 0 Å². The van der Waals surface area contributed by atoms with Gasteiger partial charge in [0, 0.05) is 183 Å². The van der Waals surface area contributed by atoms with Gasteiger partial charge >= 0.3 is 0 Å². The smallest absolute Gasteiger partial charge is 0.145 e.